The zero-order valence-corrected chi connectivity index (χ0v) is 11.3. The number of non-ortho nitro benzene ring substituents is 1. The molecule has 2 atom stereocenters. The molecule has 7 nitrogen and oxygen atoms in total. The van der Waals surface area contributed by atoms with Crippen LogP contribution in [0.1, 0.15) is 22.0 Å². The number of amides is 1. The van der Waals surface area contributed by atoms with Crippen molar-refractivity contribution in [3.05, 3.63) is 63.7 Å². The van der Waals surface area contributed by atoms with Gasteiger partial charge in [0.25, 0.3) is 11.6 Å². The molecule has 2 N–H and O–H groups in total. The van der Waals surface area contributed by atoms with E-state index in [2.05, 4.69) is 5.32 Å². The summed E-state index contributed by atoms with van der Waals surface area (Å²) in [5, 5.41) is 24.5. The maximum absolute atomic E-state index is 12.7. The van der Waals surface area contributed by atoms with Gasteiger partial charge in [-0.3, -0.25) is 19.8 Å². The van der Waals surface area contributed by atoms with Gasteiger partial charge in [-0.1, -0.05) is 12.1 Å². The molecular formula is C15H11N3O4. The first-order valence-corrected chi connectivity index (χ1v) is 6.73. The zero-order chi connectivity index (χ0) is 15.4. The largest absolute Gasteiger partial charge is 0.384 e. The third-order valence-corrected chi connectivity index (χ3v) is 4.06. The van der Waals surface area contributed by atoms with Crippen LogP contribution < -0.4 is 10.2 Å². The minimum absolute atomic E-state index is 0.109. The third kappa shape index (κ3) is 1.57. The van der Waals surface area contributed by atoms with Gasteiger partial charge in [0, 0.05) is 23.4 Å². The maximum atomic E-state index is 12.7. The number of nitrogens with zero attached hydrogens (tertiary/aromatic N) is 2. The normalized spacial score (nSPS) is 21.7. The van der Waals surface area contributed by atoms with Crippen molar-refractivity contribution in [1.82, 2.24) is 0 Å². The molecule has 2 aromatic carbocycles. The fraction of sp³-hybridized carbons (Fsp3) is 0.133. The Balaban J connectivity index is 1.86. The van der Waals surface area contributed by atoms with Gasteiger partial charge in [0.15, 0.2) is 0 Å². The van der Waals surface area contributed by atoms with Gasteiger partial charge in [0.1, 0.15) is 12.3 Å². The topological polar surface area (TPSA) is 95.7 Å². The molecular weight excluding hydrogens is 286 g/mol. The van der Waals surface area contributed by atoms with Crippen LogP contribution in [0.2, 0.25) is 0 Å². The minimum Gasteiger partial charge on any atom is -0.384 e. The standard InChI is InChI=1S/C15H11N3O4/c19-13-10-7-8(18(21)22)5-6-12(10)17-14(13)16-11-4-2-1-3-9(11)15(17)20/h1-7,13-14,16,19H/t13-,14-/m1/s1. The van der Waals surface area contributed by atoms with Crippen LogP contribution in [0.5, 0.6) is 0 Å². The van der Waals surface area contributed by atoms with Crippen LogP contribution in [0.4, 0.5) is 17.1 Å². The number of aliphatic hydroxyl groups excluding tert-OH is 1. The van der Waals surface area contributed by atoms with Crippen LogP contribution in [-0.2, 0) is 0 Å². The van der Waals surface area contributed by atoms with Gasteiger partial charge in [0.05, 0.1) is 16.2 Å². The fourth-order valence-electron chi connectivity index (χ4n) is 3.04. The number of nitro groups is 1. The van der Waals surface area contributed by atoms with E-state index in [-0.39, 0.29) is 11.6 Å². The minimum atomic E-state index is -1.02. The van der Waals surface area contributed by atoms with Gasteiger partial charge >= 0.3 is 0 Å². The molecule has 0 aliphatic carbocycles. The van der Waals surface area contributed by atoms with Crippen LogP contribution in [-0.4, -0.2) is 22.1 Å². The number of aliphatic hydroxyl groups is 1. The van der Waals surface area contributed by atoms with Gasteiger partial charge in [-0.05, 0) is 18.2 Å². The van der Waals surface area contributed by atoms with Gasteiger partial charge in [-0.15, -0.1) is 0 Å². The maximum Gasteiger partial charge on any atom is 0.269 e. The van der Waals surface area contributed by atoms with Crippen LogP contribution in [0.25, 0.3) is 0 Å². The molecule has 7 heteroatoms. The lowest BCUT2D eigenvalue weighted by Crippen LogP contribution is -2.48. The van der Waals surface area contributed by atoms with Crippen molar-refractivity contribution in [2.45, 2.75) is 12.3 Å². The Morgan fingerprint density at radius 1 is 1.23 bits per heavy atom. The third-order valence-electron chi connectivity index (χ3n) is 4.06. The first-order chi connectivity index (χ1) is 10.6. The molecule has 2 aliphatic rings. The SMILES string of the molecule is O=C1c2ccccc2N[C@H]2[C@H](O)c3cc([N+](=O)[O-])ccc3N12. The Bertz CT molecular complexity index is 820. The smallest absolute Gasteiger partial charge is 0.269 e. The summed E-state index contributed by atoms with van der Waals surface area (Å²) >= 11 is 0. The van der Waals surface area contributed by atoms with Gasteiger partial charge in [0.2, 0.25) is 0 Å². The number of nitrogens with one attached hydrogen (secondary N) is 1. The van der Waals surface area contributed by atoms with Crippen molar-refractivity contribution in [3.8, 4) is 0 Å². The van der Waals surface area contributed by atoms with E-state index in [4.69, 9.17) is 0 Å². The first-order valence-electron chi connectivity index (χ1n) is 6.73. The summed E-state index contributed by atoms with van der Waals surface area (Å²) in [6.45, 7) is 0. The van der Waals surface area contributed by atoms with E-state index in [1.54, 1.807) is 24.3 Å². The number of carbonyl (C=O) groups excluding carboxylic acids is 1. The summed E-state index contributed by atoms with van der Waals surface area (Å²) < 4.78 is 0. The molecule has 2 heterocycles. The number of rotatable bonds is 1. The second-order valence-electron chi connectivity index (χ2n) is 5.25. The predicted molar refractivity (Wildman–Crippen MR) is 78.7 cm³/mol. The summed E-state index contributed by atoms with van der Waals surface area (Å²) in [6, 6.07) is 11.2. The fourth-order valence-corrected chi connectivity index (χ4v) is 3.04. The summed E-state index contributed by atoms with van der Waals surface area (Å²) in [5.41, 5.74) is 1.93. The van der Waals surface area contributed by atoms with Crippen molar-refractivity contribution >= 4 is 23.0 Å². The predicted octanol–water partition coefficient (Wildman–Crippen LogP) is 2.04. The quantitative estimate of drug-likeness (QED) is 0.620. The highest BCUT2D eigenvalue weighted by Gasteiger charge is 2.45. The molecule has 0 unspecified atom stereocenters. The lowest BCUT2D eigenvalue weighted by Gasteiger charge is -2.34. The number of carbonyl (C=O) groups is 1. The van der Waals surface area contributed by atoms with E-state index in [1.807, 2.05) is 0 Å². The van der Waals surface area contributed by atoms with E-state index < -0.39 is 17.2 Å². The average molecular weight is 297 g/mol. The monoisotopic (exact) mass is 297 g/mol. The number of nitro benzene ring substituents is 1. The van der Waals surface area contributed by atoms with Crippen LogP contribution in [0.15, 0.2) is 42.5 Å². The lowest BCUT2D eigenvalue weighted by molar-refractivity contribution is -0.384. The second kappa shape index (κ2) is 4.28. The molecule has 0 bridgehead atoms. The molecule has 0 spiro atoms. The number of anilines is 2. The van der Waals surface area contributed by atoms with Gasteiger partial charge in [-0.2, -0.15) is 0 Å². The van der Waals surface area contributed by atoms with E-state index in [0.717, 1.165) is 0 Å². The highest BCUT2D eigenvalue weighted by molar-refractivity contribution is 6.13. The lowest BCUT2D eigenvalue weighted by atomic mass is 10.1. The summed E-state index contributed by atoms with van der Waals surface area (Å²) in [5.74, 6) is -0.231. The highest BCUT2D eigenvalue weighted by atomic mass is 16.6. The Hall–Kier alpha value is -2.93. The molecule has 22 heavy (non-hydrogen) atoms. The molecule has 0 saturated carbocycles. The van der Waals surface area contributed by atoms with Crippen molar-refractivity contribution in [3.63, 3.8) is 0 Å². The van der Waals surface area contributed by atoms with Crippen molar-refractivity contribution in [1.29, 1.82) is 0 Å². The Kier molecular flexibility index (Phi) is 2.49. The molecule has 0 radical (unpaired) electrons. The van der Waals surface area contributed by atoms with E-state index >= 15 is 0 Å². The first kappa shape index (κ1) is 12.8. The summed E-state index contributed by atoms with van der Waals surface area (Å²) in [4.78, 5) is 24.5. The van der Waals surface area contributed by atoms with Crippen molar-refractivity contribution < 1.29 is 14.8 Å². The van der Waals surface area contributed by atoms with Gasteiger partial charge in [-0.25, -0.2) is 0 Å². The number of hydrogen-bond donors (Lipinski definition) is 2. The molecule has 1 amide bonds. The van der Waals surface area contributed by atoms with E-state index in [9.17, 15) is 20.0 Å². The van der Waals surface area contributed by atoms with Crippen LogP contribution >= 0.6 is 0 Å². The molecule has 0 aromatic heterocycles. The average Bonchev–Trinajstić information content (AvgIpc) is 2.80. The Morgan fingerprint density at radius 3 is 2.77 bits per heavy atom. The second-order valence-corrected chi connectivity index (χ2v) is 5.25. The molecule has 2 aliphatic heterocycles. The summed E-state index contributed by atoms with van der Waals surface area (Å²) in [6.07, 6.45) is -1.67. The Labute approximate surface area is 124 Å². The summed E-state index contributed by atoms with van der Waals surface area (Å²) in [7, 11) is 0. The molecule has 0 saturated heterocycles. The number of hydrogen-bond acceptors (Lipinski definition) is 5. The Morgan fingerprint density at radius 2 is 2.00 bits per heavy atom. The van der Waals surface area contributed by atoms with Crippen molar-refractivity contribution in [2.24, 2.45) is 0 Å². The van der Waals surface area contributed by atoms with Crippen LogP contribution in [0.3, 0.4) is 0 Å². The molecule has 0 fully saturated rings. The van der Waals surface area contributed by atoms with Gasteiger partial charge < -0.3 is 10.4 Å². The molecule has 2 aromatic rings. The number of benzene rings is 2. The van der Waals surface area contributed by atoms with Crippen LogP contribution in [0, 0.1) is 10.1 Å². The number of fused-ring (bicyclic) bond motifs is 4. The zero-order valence-electron chi connectivity index (χ0n) is 11.3. The highest BCUT2D eigenvalue weighted by Crippen LogP contribution is 2.44. The van der Waals surface area contributed by atoms with E-state index in [1.165, 1.54) is 23.1 Å². The molecule has 110 valence electrons. The van der Waals surface area contributed by atoms with E-state index in [0.29, 0.717) is 22.5 Å². The molecule has 4 rings (SSSR count). The van der Waals surface area contributed by atoms with Crippen molar-refractivity contribution in [2.75, 3.05) is 10.2 Å². The number of para-hydroxylation sites is 1.